The molecule has 1 saturated carbocycles. The highest BCUT2D eigenvalue weighted by atomic mass is 16.5. The summed E-state index contributed by atoms with van der Waals surface area (Å²) in [6, 6.07) is 14.6. The van der Waals surface area contributed by atoms with Crippen LogP contribution in [0.2, 0.25) is 0 Å². The van der Waals surface area contributed by atoms with Gasteiger partial charge in [0.2, 0.25) is 11.8 Å². The number of rotatable bonds is 6. The predicted octanol–water partition coefficient (Wildman–Crippen LogP) is 2.89. The number of carbonyl (C=O) groups excluding carboxylic acids is 3. The Morgan fingerprint density at radius 3 is 2.38 bits per heavy atom. The van der Waals surface area contributed by atoms with Crippen molar-refractivity contribution in [3.8, 4) is 11.5 Å². The molecule has 0 bridgehead atoms. The molecule has 1 aliphatic carbocycles. The molecular weight excluding hydrogens is 472 g/mol. The minimum atomic E-state index is -0.388. The summed E-state index contributed by atoms with van der Waals surface area (Å²) >= 11 is 0. The van der Waals surface area contributed by atoms with Gasteiger partial charge in [-0.3, -0.25) is 14.5 Å². The standard InChI is InChI=1S/C28H34N4O5/c1-36-21-10-7-19(8-11-21)18-32-27(34)22-12-9-20(17-23(22)29-28(32)35)26(33)31-15-13-30(14-16-31)24-5-3-4-6-25(24)37-2/h3-8,10-11,20,22-23H,9,12-18H2,1-2H3,(H,29,35). The van der Waals surface area contributed by atoms with Crippen LogP contribution in [-0.2, 0) is 16.1 Å². The van der Waals surface area contributed by atoms with Gasteiger partial charge < -0.3 is 24.6 Å². The van der Waals surface area contributed by atoms with Gasteiger partial charge in [0.15, 0.2) is 0 Å². The van der Waals surface area contributed by atoms with E-state index < -0.39 is 0 Å². The second kappa shape index (κ2) is 10.7. The summed E-state index contributed by atoms with van der Waals surface area (Å²) in [5.74, 6) is 1.06. The van der Waals surface area contributed by atoms with Crippen molar-refractivity contribution in [2.75, 3.05) is 45.3 Å². The van der Waals surface area contributed by atoms with Gasteiger partial charge in [0.25, 0.3) is 0 Å². The average molecular weight is 507 g/mol. The summed E-state index contributed by atoms with van der Waals surface area (Å²) in [6.45, 7) is 2.97. The van der Waals surface area contributed by atoms with E-state index in [0.717, 1.165) is 35.8 Å². The van der Waals surface area contributed by atoms with Crippen LogP contribution >= 0.6 is 0 Å². The van der Waals surface area contributed by atoms with Crippen LogP contribution in [0.5, 0.6) is 11.5 Å². The fourth-order valence-electron chi connectivity index (χ4n) is 5.77. The largest absolute Gasteiger partial charge is 0.497 e. The summed E-state index contributed by atoms with van der Waals surface area (Å²) in [4.78, 5) is 44.9. The van der Waals surface area contributed by atoms with Crippen LogP contribution in [-0.4, -0.2) is 74.1 Å². The maximum Gasteiger partial charge on any atom is 0.324 e. The summed E-state index contributed by atoms with van der Waals surface area (Å²) in [7, 11) is 3.27. The normalized spacial score (nSPS) is 23.8. The van der Waals surface area contributed by atoms with Crippen molar-refractivity contribution in [1.29, 1.82) is 0 Å². The zero-order chi connectivity index (χ0) is 25.9. The molecule has 0 aromatic heterocycles. The number of nitrogens with one attached hydrogen (secondary N) is 1. The molecule has 196 valence electrons. The van der Waals surface area contributed by atoms with Crippen LogP contribution in [0.4, 0.5) is 10.5 Å². The van der Waals surface area contributed by atoms with Gasteiger partial charge in [-0.15, -0.1) is 0 Å². The maximum absolute atomic E-state index is 13.4. The number of anilines is 1. The third kappa shape index (κ3) is 5.08. The van der Waals surface area contributed by atoms with Gasteiger partial charge in [-0.25, -0.2) is 4.79 Å². The van der Waals surface area contributed by atoms with Gasteiger partial charge >= 0.3 is 6.03 Å². The van der Waals surface area contributed by atoms with Crippen molar-refractivity contribution in [1.82, 2.24) is 15.1 Å². The third-order valence-electron chi connectivity index (χ3n) is 7.85. The summed E-state index contributed by atoms with van der Waals surface area (Å²) in [6.07, 6.45) is 1.76. The van der Waals surface area contributed by atoms with Gasteiger partial charge in [-0.1, -0.05) is 24.3 Å². The highest BCUT2D eigenvalue weighted by Gasteiger charge is 2.46. The lowest BCUT2D eigenvalue weighted by molar-refractivity contribution is -0.143. The minimum absolute atomic E-state index is 0.125. The fourth-order valence-corrected chi connectivity index (χ4v) is 5.77. The SMILES string of the molecule is COc1ccc(CN2C(=O)NC3CC(C(=O)N4CCN(c5ccccc5OC)CC4)CCC3C2=O)cc1. The first-order chi connectivity index (χ1) is 18.0. The average Bonchev–Trinajstić information content (AvgIpc) is 2.95. The molecule has 3 unspecified atom stereocenters. The second-order valence-corrected chi connectivity index (χ2v) is 9.93. The van der Waals surface area contributed by atoms with Crippen LogP contribution < -0.4 is 19.7 Å². The van der Waals surface area contributed by atoms with Crippen LogP contribution in [0.15, 0.2) is 48.5 Å². The fraction of sp³-hybridized carbons (Fsp3) is 0.464. The number of para-hydroxylation sites is 2. The Hall–Kier alpha value is -3.75. The summed E-state index contributed by atoms with van der Waals surface area (Å²) in [5, 5.41) is 3.02. The number of hydrogen-bond acceptors (Lipinski definition) is 6. The zero-order valence-corrected chi connectivity index (χ0v) is 21.4. The number of piperazine rings is 1. The zero-order valence-electron chi connectivity index (χ0n) is 21.4. The Balaban J connectivity index is 1.17. The lowest BCUT2D eigenvalue weighted by atomic mass is 9.76. The monoisotopic (exact) mass is 506 g/mol. The maximum atomic E-state index is 13.4. The van der Waals surface area contributed by atoms with Gasteiger partial charge in [-0.05, 0) is 49.1 Å². The number of nitrogens with zero attached hydrogens (tertiary/aromatic N) is 3. The van der Waals surface area contributed by atoms with Gasteiger partial charge in [0, 0.05) is 38.1 Å². The number of ether oxygens (including phenoxy) is 2. The Bertz CT molecular complexity index is 1150. The topological polar surface area (TPSA) is 91.4 Å². The number of amides is 4. The van der Waals surface area contributed by atoms with E-state index in [0.29, 0.717) is 32.4 Å². The van der Waals surface area contributed by atoms with E-state index >= 15 is 0 Å². The molecule has 3 fully saturated rings. The number of benzene rings is 2. The highest BCUT2D eigenvalue weighted by molar-refractivity contribution is 5.99. The molecule has 2 aliphatic heterocycles. The molecule has 9 heteroatoms. The van der Waals surface area contributed by atoms with Crippen molar-refractivity contribution < 1.29 is 23.9 Å². The quantitative estimate of drug-likeness (QED) is 0.648. The first-order valence-corrected chi connectivity index (χ1v) is 12.9. The third-order valence-corrected chi connectivity index (χ3v) is 7.85. The van der Waals surface area contributed by atoms with E-state index in [-0.39, 0.29) is 42.3 Å². The first-order valence-electron chi connectivity index (χ1n) is 12.9. The van der Waals surface area contributed by atoms with E-state index in [4.69, 9.17) is 9.47 Å². The number of imide groups is 1. The lowest BCUT2D eigenvalue weighted by Gasteiger charge is -2.43. The molecule has 9 nitrogen and oxygen atoms in total. The lowest BCUT2D eigenvalue weighted by Crippen LogP contribution is -2.62. The van der Waals surface area contributed by atoms with E-state index in [9.17, 15) is 14.4 Å². The molecule has 3 atom stereocenters. The molecule has 2 heterocycles. The molecule has 1 N–H and O–H groups in total. The molecule has 5 rings (SSSR count). The van der Waals surface area contributed by atoms with E-state index in [1.807, 2.05) is 53.4 Å². The van der Waals surface area contributed by atoms with Crippen LogP contribution in [0.3, 0.4) is 0 Å². The molecule has 4 amide bonds. The number of fused-ring (bicyclic) bond motifs is 1. The molecule has 0 spiro atoms. The number of carbonyl (C=O) groups is 3. The van der Waals surface area contributed by atoms with Crippen molar-refractivity contribution >= 4 is 23.5 Å². The number of methoxy groups -OCH3 is 2. The van der Waals surface area contributed by atoms with Crippen molar-refractivity contribution in [2.24, 2.45) is 11.8 Å². The molecule has 2 saturated heterocycles. The minimum Gasteiger partial charge on any atom is -0.497 e. The van der Waals surface area contributed by atoms with Gasteiger partial charge in [-0.2, -0.15) is 0 Å². The van der Waals surface area contributed by atoms with Crippen LogP contribution in [0.1, 0.15) is 24.8 Å². The second-order valence-electron chi connectivity index (χ2n) is 9.93. The molecule has 2 aromatic carbocycles. The summed E-state index contributed by atoms with van der Waals surface area (Å²) < 4.78 is 10.7. The highest BCUT2D eigenvalue weighted by Crippen LogP contribution is 2.35. The van der Waals surface area contributed by atoms with E-state index in [2.05, 4.69) is 10.2 Å². The van der Waals surface area contributed by atoms with Crippen molar-refractivity contribution in [2.45, 2.75) is 31.8 Å². The van der Waals surface area contributed by atoms with Gasteiger partial charge in [0.05, 0.1) is 32.4 Å². The molecule has 2 aromatic rings. The van der Waals surface area contributed by atoms with E-state index in [1.54, 1.807) is 14.2 Å². The predicted molar refractivity (Wildman–Crippen MR) is 138 cm³/mol. The van der Waals surface area contributed by atoms with E-state index in [1.165, 1.54) is 4.90 Å². The van der Waals surface area contributed by atoms with Gasteiger partial charge in [0.1, 0.15) is 11.5 Å². The molecular formula is C28H34N4O5. The Kier molecular flexibility index (Phi) is 7.21. The first kappa shape index (κ1) is 24.9. The van der Waals surface area contributed by atoms with Crippen molar-refractivity contribution in [3.63, 3.8) is 0 Å². The Morgan fingerprint density at radius 1 is 0.946 bits per heavy atom. The Morgan fingerprint density at radius 2 is 1.68 bits per heavy atom. The molecule has 3 aliphatic rings. The smallest absolute Gasteiger partial charge is 0.324 e. The molecule has 0 radical (unpaired) electrons. The van der Waals surface area contributed by atoms with Crippen LogP contribution in [0.25, 0.3) is 0 Å². The van der Waals surface area contributed by atoms with Crippen molar-refractivity contribution in [3.05, 3.63) is 54.1 Å². The summed E-state index contributed by atoms with van der Waals surface area (Å²) in [5.41, 5.74) is 1.90. The number of urea groups is 1. The number of hydrogen-bond donors (Lipinski definition) is 1. The molecule has 37 heavy (non-hydrogen) atoms. The van der Waals surface area contributed by atoms with Crippen LogP contribution in [0, 0.1) is 11.8 Å². The Labute approximate surface area is 217 Å².